The lowest BCUT2D eigenvalue weighted by atomic mass is 10.0. The summed E-state index contributed by atoms with van der Waals surface area (Å²) in [5.41, 5.74) is 3.22. The molecule has 2 unspecified atom stereocenters. The number of primary amides is 1. The second-order valence-electron chi connectivity index (χ2n) is 8.13. The predicted octanol–water partition coefficient (Wildman–Crippen LogP) is 1.24. The molecule has 1 aromatic carbocycles. The molecule has 0 spiro atoms. The van der Waals surface area contributed by atoms with Crippen LogP contribution in [0.1, 0.15) is 24.0 Å². The Hall–Kier alpha value is -2.67. The number of likely N-dealkylation sites (tertiary alicyclic amines) is 1. The third-order valence-corrected chi connectivity index (χ3v) is 8.36. The number of carbonyl (C=O) groups is 2. The van der Waals surface area contributed by atoms with Gasteiger partial charge in [-0.2, -0.15) is 25.5 Å². The van der Waals surface area contributed by atoms with Gasteiger partial charge in [-0.3, -0.25) is 14.9 Å². The fourth-order valence-electron chi connectivity index (χ4n) is 5.10. The van der Waals surface area contributed by atoms with Gasteiger partial charge in [-0.1, -0.05) is 0 Å². The predicted molar refractivity (Wildman–Crippen MR) is 104 cm³/mol. The summed E-state index contributed by atoms with van der Waals surface area (Å²) in [5.74, 6) is -3.26. The maximum absolute atomic E-state index is 15.1. The van der Waals surface area contributed by atoms with Gasteiger partial charge in [-0.15, -0.1) is 0 Å². The van der Waals surface area contributed by atoms with Crippen LogP contribution in [0.5, 0.6) is 0 Å². The lowest BCUT2D eigenvalue weighted by molar-refractivity contribution is -0.889. The Morgan fingerprint density at radius 3 is 2.48 bits per heavy atom. The first-order valence-electron chi connectivity index (χ1n) is 9.46. The zero-order chi connectivity index (χ0) is 23.1. The molecular weight excluding hydrogens is 439 g/mol. The number of nitrogens with zero attached hydrogens (tertiary/aromatic N) is 3. The molecule has 31 heavy (non-hydrogen) atoms. The van der Waals surface area contributed by atoms with Gasteiger partial charge in [0.05, 0.1) is 23.8 Å². The van der Waals surface area contributed by atoms with Gasteiger partial charge >= 0.3 is 17.7 Å². The Morgan fingerprint density at radius 2 is 1.94 bits per heavy atom. The molecule has 9 nitrogen and oxygen atoms in total. The van der Waals surface area contributed by atoms with Gasteiger partial charge in [-0.05, 0) is 37.1 Å². The molecule has 0 saturated carbocycles. The van der Waals surface area contributed by atoms with Crippen LogP contribution < -0.4 is 11.1 Å². The van der Waals surface area contributed by atoms with Crippen molar-refractivity contribution in [1.29, 1.82) is 0 Å². The quantitative estimate of drug-likeness (QED) is 0.667. The largest absolute Gasteiger partial charge is 0.478 e. The maximum atomic E-state index is 15.1. The van der Waals surface area contributed by atoms with E-state index in [9.17, 15) is 18.0 Å². The van der Waals surface area contributed by atoms with Crippen molar-refractivity contribution in [2.45, 2.75) is 44.6 Å². The molecule has 4 rings (SSSR count). The minimum absolute atomic E-state index is 0.0358. The summed E-state index contributed by atoms with van der Waals surface area (Å²) in [4.78, 5) is 29.5. The van der Waals surface area contributed by atoms with Crippen LogP contribution >= 0.6 is 0 Å². The first kappa shape index (κ1) is 21.6. The molecule has 2 aliphatic rings. The number of aryl methyl sites for hydroxylation is 2. The number of hydrogen-bond acceptors (Lipinski definition) is 5. The van der Waals surface area contributed by atoms with E-state index in [1.165, 1.54) is 6.07 Å². The molecule has 2 aliphatic heterocycles. The van der Waals surface area contributed by atoms with Crippen molar-refractivity contribution in [2.24, 2.45) is 5.73 Å². The molecule has 2 aromatic rings. The summed E-state index contributed by atoms with van der Waals surface area (Å²) in [5, 5.41) is 2.12. The highest BCUT2D eigenvalue weighted by Gasteiger charge is 2.84. The van der Waals surface area contributed by atoms with E-state index in [4.69, 9.17) is 5.73 Å². The van der Waals surface area contributed by atoms with Crippen LogP contribution in [-0.4, -0.2) is 58.7 Å². The molecule has 3 heterocycles. The molecule has 168 valence electrons. The van der Waals surface area contributed by atoms with Crippen LogP contribution in [0.4, 0.5) is 19.1 Å². The molecule has 1 saturated heterocycles. The second kappa shape index (κ2) is 6.19. The van der Waals surface area contributed by atoms with Crippen molar-refractivity contribution in [3.05, 3.63) is 23.3 Å². The third kappa shape index (κ3) is 2.41. The van der Waals surface area contributed by atoms with Crippen molar-refractivity contribution in [3.8, 4) is 0 Å². The number of nitrogens with two attached hydrogens (primary N) is 1. The number of imidazole rings is 1. The summed E-state index contributed by atoms with van der Waals surface area (Å²) in [7, 11) is -4.72. The average molecular weight is 460 g/mol. The number of fused-ring (bicyclic) bond motifs is 3. The fraction of sp³-hybridized carbons (Fsp3) is 0.500. The number of halogens is 3. The number of rotatable bonds is 3. The number of anilines is 1. The molecule has 3 atom stereocenters. The molecule has 13 heteroatoms. The topological polar surface area (TPSA) is 124 Å². The summed E-state index contributed by atoms with van der Waals surface area (Å²) in [6.07, 6.45) is -5.04. The summed E-state index contributed by atoms with van der Waals surface area (Å²) >= 11 is 0. The lowest BCUT2D eigenvalue weighted by Gasteiger charge is -2.47. The molecule has 0 bridgehead atoms. The zero-order valence-electron chi connectivity index (χ0n) is 16.9. The van der Waals surface area contributed by atoms with Gasteiger partial charge in [0.2, 0.25) is 5.95 Å². The van der Waals surface area contributed by atoms with Crippen LogP contribution in [-0.2, 0) is 25.3 Å². The smallest absolute Gasteiger partial charge is 0.364 e. The van der Waals surface area contributed by atoms with E-state index in [2.05, 4.69) is 10.3 Å². The number of carbonyl (C=O) groups excluding carboxylic acids is 2. The van der Waals surface area contributed by atoms with Crippen LogP contribution in [0, 0.1) is 13.8 Å². The molecule has 2 amide bonds. The van der Waals surface area contributed by atoms with E-state index in [1.54, 1.807) is 19.9 Å². The van der Waals surface area contributed by atoms with Gasteiger partial charge in [0, 0.05) is 12.8 Å². The van der Waals surface area contributed by atoms with Crippen molar-refractivity contribution in [3.63, 3.8) is 0 Å². The molecule has 1 aromatic heterocycles. The first-order chi connectivity index (χ1) is 14.2. The fourth-order valence-corrected chi connectivity index (χ4v) is 6.98. The number of aromatic nitrogens is 2. The number of amides is 2. The third-order valence-electron chi connectivity index (χ3n) is 6.47. The lowest BCUT2D eigenvalue weighted by Crippen LogP contribution is -2.78. The Morgan fingerprint density at radius 1 is 1.32 bits per heavy atom. The minimum atomic E-state index is -5.41. The van der Waals surface area contributed by atoms with Crippen LogP contribution in [0.25, 0.3) is 11.0 Å². The number of sulfonamides is 1. The number of nitrogens with one attached hydrogen (secondary N) is 1. The number of alkyl halides is 3. The van der Waals surface area contributed by atoms with E-state index >= 15 is 13.2 Å². The van der Waals surface area contributed by atoms with E-state index in [-0.39, 0.29) is 23.9 Å². The van der Waals surface area contributed by atoms with Crippen LogP contribution in [0.15, 0.2) is 12.1 Å². The van der Waals surface area contributed by atoms with Crippen molar-refractivity contribution in [2.75, 3.05) is 18.1 Å². The minimum Gasteiger partial charge on any atom is -0.364 e. The molecular formula is C18H21F3N5O4S+. The normalized spacial score (nSPS) is 28.7. The second-order valence-corrected chi connectivity index (χ2v) is 10.3. The Kier molecular flexibility index (Phi) is 4.30. The van der Waals surface area contributed by atoms with E-state index < -0.39 is 56.1 Å². The summed E-state index contributed by atoms with van der Waals surface area (Å²) in [6, 6.07) is 1.22. The van der Waals surface area contributed by atoms with Gasteiger partial charge in [-0.25, -0.2) is 9.55 Å². The zero-order valence-corrected chi connectivity index (χ0v) is 17.8. The monoisotopic (exact) mass is 460 g/mol. The van der Waals surface area contributed by atoms with Crippen LogP contribution in [0.3, 0.4) is 0 Å². The van der Waals surface area contributed by atoms with Gasteiger partial charge in [0.15, 0.2) is 6.04 Å². The average Bonchev–Trinajstić information content (AvgIpc) is 3.26. The highest BCUT2D eigenvalue weighted by molar-refractivity contribution is 7.85. The molecule has 3 N–H and O–H groups in total. The highest BCUT2D eigenvalue weighted by Crippen LogP contribution is 2.56. The number of benzene rings is 1. The van der Waals surface area contributed by atoms with Gasteiger partial charge < -0.3 is 5.73 Å². The summed E-state index contributed by atoms with van der Waals surface area (Å²) in [6.45, 7) is 2.82. The number of quaternary nitrogens is 1. The standard InChI is InChI=1S/C18H20F3N5O4S/c1-9-7-11-12(8-10(9)2)25-16(23-11)24-15(28)17(25,18(19,20)21)26(31(3,29)30)6-4-5-13(26)14(22)27/h7-8,13H,4-6H2,1-3H3,(H2-,22,23,24,27,28)/p+1/t13-,17?,26?/m0/s1. The van der Waals surface area contributed by atoms with Crippen molar-refractivity contribution in [1.82, 2.24) is 9.55 Å². The van der Waals surface area contributed by atoms with Crippen molar-refractivity contribution >= 4 is 38.8 Å². The Labute approximate surface area is 175 Å². The van der Waals surface area contributed by atoms with Gasteiger partial charge in [0.25, 0.3) is 15.9 Å². The van der Waals surface area contributed by atoms with Crippen LogP contribution in [0.2, 0.25) is 0 Å². The van der Waals surface area contributed by atoms with E-state index in [0.717, 1.165) is 5.56 Å². The summed E-state index contributed by atoms with van der Waals surface area (Å²) < 4.78 is 70.1. The Bertz CT molecular complexity index is 1260. The van der Waals surface area contributed by atoms with E-state index in [1.807, 2.05) is 0 Å². The first-order valence-corrected chi connectivity index (χ1v) is 11.3. The maximum Gasteiger partial charge on any atom is 0.478 e. The van der Waals surface area contributed by atoms with Gasteiger partial charge in [0.1, 0.15) is 0 Å². The van der Waals surface area contributed by atoms with Crippen molar-refractivity contribution < 1.29 is 35.1 Å². The molecule has 0 radical (unpaired) electrons. The Balaban J connectivity index is 2.24. The molecule has 0 aliphatic carbocycles. The number of hydrogen-bond donors (Lipinski definition) is 2. The molecule has 1 fully saturated rings. The SMILES string of the molecule is Cc1cc2nc3n(c2cc1C)C(C(F)(F)F)([N+]1(S(C)(=O)=O)CCC[C@H]1C(N)=O)C(=O)N3. The van der Waals surface area contributed by atoms with E-state index in [0.29, 0.717) is 16.4 Å². The highest BCUT2D eigenvalue weighted by atomic mass is 32.2.